The molecule has 6 nitrogen and oxygen atoms in total. The molecule has 1 amide bonds. The minimum Gasteiger partial charge on any atom is -0.493 e. The number of esters is 1. The van der Waals surface area contributed by atoms with E-state index in [0.29, 0.717) is 38.7 Å². The fourth-order valence-corrected chi connectivity index (χ4v) is 3.46. The molecule has 1 aliphatic rings. The lowest BCUT2D eigenvalue weighted by Gasteiger charge is -2.07. The molecule has 8 heteroatoms. The standard InChI is InChI=1S/C20H17ClN2O4S/c1-3-27-16-9-6-14(21)10-13(16)11-17-18(24)23-20(28-17)22-15-7-4-12(5-8-15)19(25)26-2/h4-11H,3H2,1-2H3,(H,22,23,24)/b17-11-. The number of benzene rings is 2. The largest absolute Gasteiger partial charge is 0.493 e. The normalized spacial score (nSPS) is 16.3. The van der Waals surface area contributed by atoms with Gasteiger partial charge >= 0.3 is 5.97 Å². The summed E-state index contributed by atoms with van der Waals surface area (Å²) in [6.07, 6.45) is 1.72. The number of hydrogen-bond acceptors (Lipinski definition) is 6. The number of halogens is 1. The highest BCUT2D eigenvalue weighted by Crippen LogP contribution is 2.32. The topological polar surface area (TPSA) is 77.0 Å². The third-order valence-electron chi connectivity index (χ3n) is 3.73. The van der Waals surface area contributed by atoms with Crippen LogP contribution in [-0.4, -0.2) is 30.8 Å². The summed E-state index contributed by atoms with van der Waals surface area (Å²) in [5.41, 5.74) is 1.75. The summed E-state index contributed by atoms with van der Waals surface area (Å²) in [5.74, 6) is -0.0199. The molecule has 0 radical (unpaired) electrons. The maximum Gasteiger partial charge on any atom is 0.337 e. The minimum atomic E-state index is -0.417. The summed E-state index contributed by atoms with van der Waals surface area (Å²) in [6, 6.07) is 11.8. The van der Waals surface area contributed by atoms with Gasteiger partial charge in [0.15, 0.2) is 5.17 Å². The molecule has 2 aromatic rings. The number of ether oxygens (including phenoxy) is 2. The monoisotopic (exact) mass is 416 g/mol. The average Bonchev–Trinajstić information content (AvgIpc) is 3.03. The smallest absolute Gasteiger partial charge is 0.337 e. The highest BCUT2D eigenvalue weighted by atomic mass is 35.5. The highest BCUT2D eigenvalue weighted by Gasteiger charge is 2.24. The van der Waals surface area contributed by atoms with E-state index < -0.39 is 5.97 Å². The molecule has 0 saturated carbocycles. The molecule has 0 unspecified atom stereocenters. The van der Waals surface area contributed by atoms with Crippen LogP contribution >= 0.6 is 23.4 Å². The Morgan fingerprint density at radius 1 is 1.25 bits per heavy atom. The molecule has 1 heterocycles. The second kappa shape index (κ2) is 8.95. The Labute approximate surface area is 171 Å². The number of carbonyl (C=O) groups is 2. The first-order chi connectivity index (χ1) is 13.5. The van der Waals surface area contributed by atoms with E-state index in [0.717, 1.165) is 5.56 Å². The summed E-state index contributed by atoms with van der Waals surface area (Å²) in [4.78, 5) is 28.7. The summed E-state index contributed by atoms with van der Waals surface area (Å²) in [7, 11) is 1.33. The van der Waals surface area contributed by atoms with Crippen LogP contribution in [0.3, 0.4) is 0 Å². The summed E-state index contributed by atoms with van der Waals surface area (Å²) >= 11 is 7.29. The first-order valence-electron chi connectivity index (χ1n) is 8.40. The lowest BCUT2D eigenvalue weighted by atomic mass is 10.2. The molecular weight excluding hydrogens is 400 g/mol. The number of hydrogen-bond donors (Lipinski definition) is 1. The van der Waals surface area contributed by atoms with Gasteiger partial charge in [-0.1, -0.05) is 11.6 Å². The van der Waals surface area contributed by atoms with Crippen LogP contribution in [-0.2, 0) is 9.53 Å². The number of amidine groups is 1. The number of amides is 1. The van der Waals surface area contributed by atoms with E-state index in [1.807, 2.05) is 6.92 Å². The van der Waals surface area contributed by atoms with E-state index in [1.165, 1.54) is 18.9 Å². The van der Waals surface area contributed by atoms with Gasteiger partial charge in [-0.3, -0.25) is 4.79 Å². The van der Waals surface area contributed by atoms with Gasteiger partial charge in [0.05, 0.1) is 29.9 Å². The lowest BCUT2D eigenvalue weighted by Crippen LogP contribution is -2.19. The Bertz CT molecular complexity index is 971. The van der Waals surface area contributed by atoms with E-state index in [4.69, 9.17) is 16.3 Å². The predicted octanol–water partition coefficient (Wildman–Crippen LogP) is 4.42. The van der Waals surface area contributed by atoms with E-state index >= 15 is 0 Å². The van der Waals surface area contributed by atoms with Crippen molar-refractivity contribution in [1.82, 2.24) is 5.32 Å². The van der Waals surface area contributed by atoms with Gasteiger partial charge in [-0.2, -0.15) is 0 Å². The van der Waals surface area contributed by atoms with Crippen molar-refractivity contribution in [3.8, 4) is 5.75 Å². The predicted molar refractivity (Wildman–Crippen MR) is 111 cm³/mol. The van der Waals surface area contributed by atoms with Gasteiger partial charge < -0.3 is 14.8 Å². The van der Waals surface area contributed by atoms with Gasteiger partial charge in [0.25, 0.3) is 5.91 Å². The Balaban J connectivity index is 1.82. The van der Waals surface area contributed by atoms with Crippen molar-refractivity contribution in [2.75, 3.05) is 13.7 Å². The Hall–Kier alpha value is -2.77. The van der Waals surface area contributed by atoms with Crippen molar-refractivity contribution in [1.29, 1.82) is 0 Å². The number of rotatable bonds is 5. The molecule has 2 aromatic carbocycles. The molecule has 1 aliphatic heterocycles. The van der Waals surface area contributed by atoms with Crippen LogP contribution < -0.4 is 10.1 Å². The third-order valence-corrected chi connectivity index (χ3v) is 4.87. The fraction of sp³-hybridized carbons (Fsp3) is 0.150. The van der Waals surface area contributed by atoms with Gasteiger partial charge in [-0.25, -0.2) is 9.79 Å². The Kier molecular flexibility index (Phi) is 6.38. The van der Waals surface area contributed by atoms with Crippen LogP contribution in [0.1, 0.15) is 22.8 Å². The lowest BCUT2D eigenvalue weighted by molar-refractivity contribution is -0.115. The van der Waals surface area contributed by atoms with Crippen molar-refractivity contribution in [2.24, 2.45) is 4.99 Å². The van der Waals surface area contributed by atoms with Crippen LogP contribution in [0, 0.1) is 0 Å². The Morgan fingerprint density at radius 3 is 2.68 bits per heavy atom. The molecule has 3 rings (SSSR count). The van der Waals surface area contributed by atoms with Crippen molar-refractivity contribution in [3.05, 3.63) is 63.5 Å². The van der Waals surface area contributed by atoms with Crippen LogP contribution in [0.25, 0.3) is 6.08 Å². The molecule has 28 heavy (non-hydrogen) atoms. The third kappa shape index (κ3) is 4.74. The number of nitrogens with one attached hydrogen (secondary N) is 1. The number of aliphatic imine (C=N–C) groups is 1. The second-order valence-electron chi connectivity index (χ2n) is 5.64. The average molecular weight is 417 g/mol. The SMILES string of the molecule is CCOc1ccc(Cl)cc1/C=C1\SC(=Nc2ccc(C(=O)OC)cc2)NC1=O. The molecule has 0 spiro atoms. The summed E-state index contributed by atoms with van der Waals surface area (Å²) < 4.78 is 10.3. The fourth-order valence-electron chi connectivity index (χ4n) is 2.45. The maximum absolute atomic E-state index is 12.3. The number of nitrogens with zero attached hydrogens (tertiary/aromatic N) is 1. The number of carbonyl (C=O) groups excluding carboxylic acids is 2. The van der Waals surface area contributed by atoms with Crippen molar-refractivity contribution in [3.63, 3.8) is 0 Å². The zero-order valence-corrected chi connectivity index (χ0v) is 16.8. The number of thioether (sulfide) groups is 1. The molecule has 1 saturated heterocycles. The zero-order valence-electron chi connectivity index (χ0n) is 15.2. The maximum atomic E-state index is 12.3. The molecule has 0 aromatic heterocycles. The minimum absolute atomic E-state index is 0.252. The van der Waals surface area contributed by atoms with Gasteiger partial charge in [-0.15, -0.1) is 0 Å². The second-order valence-corrected chi connectivity index (χ2v) is 7.10. The quantitative estimate of drug-likeness (QED) is 0.576. The Morgan fingerprint density at radius 2 is 2.00 bits per heavy atom. The van der Waals surface area contributed by atoms with Gasteiger partial charge in [0.1, 0.15) is 5.75 Å². The van der Waals surface area contributed by atoms with E-state index in [-0.39, 0.29) is 5.91 Å². The number of methoxy groups -OCH3 is 1. The van der Waals surface area contributed by atoms with E-state index in [2.05, 4.69) is 15.0 Å². The van der Waals surface area contributed by atoms with E-state index in [1.54, 1.807) is 48.5 Å². The van der Waals surface area contributed by atoms with Crippen molar-refractivity contribution < 1.29 is 19.1 Å². The zero-order chi connectivity index (χ0) is 20.1. The van der Waals surface area contributed by atoms with Crippen LogP contribution in [0.2, 0.25) is 5.02 Å². The summed E-state index contributed by atoms with van der Waals surface area (Å²) in [6.45, 7) is 2.39. The van der Waals surface area contributed by atoms with Crippen LogP contribution in [0.15, 0.2) is 52.4 Å². The molecule has 1 fully saturated rings. The molecule has 144 valence electrons. The first kappa shape index (κ1) is 20.0. The van der Waals surface area contributed by atoms with Crippen molar-refractivity contribution >= 4 is 52.2 Å². The van der Waals surface area contributed by atoms with Gasteiger partial charge in [0.2, 0.25) is 0 Å². The van der Waals surface area contributed by atoms with Gasteiger partial charge in [0, 0.05) is 10.6 Å². The summed E-state index contributed by atoms with van der Waals surface area (Å²) in [5, 5.41) is 3.73. The van der Waals surface area contributed by atoms with Gasteiger partial charge in [-0.05, 0) is 67.2 Å². The highest BCUT2D eigenvalue weighted by molar-refractivity contribution is 8.18. The molecule has 0 bridgehead atoms. The van der Waals surface area contributed by atoms with Crippen LogP contribution in [0.5, 0.6) is 5.75 Å². The molecular formula is C20H17ClN2O4S. The van der Waals surface area contributed by atoms with Crippen molar-refractivity contribution in [2.45, 2.75) is 6.92 Å². The molecule has 1 N–H and O–H groups in total. The molecule has 0 aliphatic carbocycles. The van der Waals surface area contributed by atoms with E-state index in [9.17, 15) is 9.59 Å². The first-order valence-corrected chi connectivity index (χ1v) is 9.60. The molecule has 0 atom stereocenters. The van der Waals surface area contributed by atoms with Crippen LogP contribution in [0.4, 0.5) is 5.69 Å².